The first-order valence-corrected chi connectivity index (χ1v) is 7.41. The molecule has 0 aromatic carbocycles. The number of halogens is 2. The Labute approximate surface area is 129 Å². The van der Waals surface area contributed by atoms with Crippen molar-refractivity contribution in [2.45, 2.75) is 33.4 Å². The van der Waals surface area contributed by atoms with Crippen molar-refractivity contribution in [1.29, 1.82) is 0 Å². The van der Waals surface area contributed by atoms with Crippen molar-refractivity contribution < 1.29 is 0 Å². The van der Waals surface area contributed by atoms with Crippen LogP contribution in [0.15, 0.2) is 15.6 Å². The molecule has 8 heteroatoms. The molecule has 0 amide bonds. The topological polar surface area (TPSA) is 78.7 Å². The third-order valence-electron chi connectivity index (χ3n) is 3.04. The Morgan fingerprint density at radius 3 is 2.75 bits per heavy atom. The molecule has 0 saturated carbocycles. The van der Waals surface area contributed by atoms with Crippen LogP contribution in [0.3, 0.4) is 0 Å². The number of aryl methyl sites for hydroxylation is 2. The smallest absolute Gasteiger partial charge is 0.278 e. The third-order valence-corrected chi connectivity index (χ3v) is 4.25. The minimum atomic E-state index is -0.348. The zero-order valence-corrected chi connectivity index (χ0v) is 13.6. The molecule has 0 saturated heterocycles. The summed E-state index contributed by atoms with van der Waals surface area (Å²) < 4.78 is 4.21. The molecule has 2 N–H and O–H groups in total. The molecule has 2 heterocycles. The number of anilines is 1. The zero-order chi connectivity index (χ0) is 14.9. The molecule has 0 bridgehead atoms. The van der Waals surface area contributed by atoms with E-state index in [-0.39, 0.29) is 16.4 Å². The fraction of sp³-hybridized carbons (Fsp3) is 0.417. The predicted molar refractivity (Wildman–Crippen MR) is 82.0 cm³/mol. The van der Waals surface area contributed by atoms with E-state index in [1.54, 1.807) is 0 Å². The molecule has 2 aromatic heterocycles. The van der Waals surface area contributed by atoms with Crippen molar-refractivity contribution in [3.05, 3.63) is 37.7 Å². The standard InChI is InChI=1S/C12H15BrClN5O/c1-3-7-9(13)8(19(4-2)17-7)5-18-6-16-11(14)10(15)12(18)20/h6H,3-5,15H2,1-2H3. The molecule has 0 atom stereocenters. The second-order valence-electron chi connectivity index (χ2n) is 4.26. The van der Waals surface area contributed by atoms with Crippen LogP contribution in [0.4, 0.5) is 5.69 Å². The van der Waals surface area contributed by atoms with Crippen LogP contribution in [0.5, 0.6) is 0 Å². The van der Waals surface area contributed by atoms with Gasteiger partial charge in [-0.15, -0.1) is 0 Å². The van der Waals surface area contributed by atoms with Crippen molar-refractivity contribution in [1.82, 2.24) is 19.3 Å². The second-order valence-corrected chi connectivity index (χ2v) is 5.41. The van der Waals surface area contributed by atoms with Crippen LogP contribution in [0, 0.1) is 0 Å². The summed E-state index contributed by atoms with van der Waals surface area (Å²) in [4.78, 5) is 16.0. The van der Waals surface area contributed by atoms with E-state index in [1.807, 2.05) is 18.5 Å². The number of hydrogen-bond acceptors (Lipinski definition) is 4. The summed E-state index contributed by atoms with van der Waals surface area (Å²) in [6, 6.07) is 0. The molecule has 0 fully saturated rings. The molecule has 108 valence electrons. The summed E-state index contributed by atoms with van der Waals surface area (Å²) in [5, 5.41) is 4.52. The molecular weight excluding hydrogens is 346 g/mol. The summed E-state index contributed by atoms with van der Waals surface area (Å²) in [5.74, 6) is 0. The highest BCUT2D eigenvalue weighted by Crippen LogP contribution is 2.23. The molecule has 0 aliphatic heterocycles. The third kappa shape index (κ3) is 2.60. The summed E-state index contributed by atoms with van der Waals surface area (Å²) >= 11 is 9.27. The Balaban J connectivity index is 2.47. The summed E-state index contributed by atoms with van der Waals surface area (Å²) in [5.41, 5.74) is 7.10. The highest BCUT2D eigenvalue weighted by atomic mass is 79.9. The van der Waals surface area contributed by atoms with E-state index in [4.69, 9.17) is 17.3 Å². The molecule has 20 heavy (non-hydrogen) atoms. The van der Waals surface area contributed by atoms with Gasteiger partial charge in [0.05, 0.1) is 28.7 Å². The number of rotatable bonds is 4. The van der Waals surface area contributed by atoms with Crippen LogP contribution in [0.25, 0.3) is 0 Å². The van der Waals surface area contributed by atoms with Gasteiger partial charge < -0.3 is 5.73 Å². The maximum atomic E-state index is 12.0. The lowest BCUT2D eigenvalue weighted by atomic mass is 10.3. The van der Waals surface area contributed by atoms with E-state index in [9.17, 15) is 4.79 Å². The van der Waals surface area contributed by atoms with Gasteiger partial charge in [0.2, 0.25) is 0 Å². The molecule has 0 radical (unpaired) electrons. The van der Waals surface area contributed by atoms with Gasteiger partial charge in [-0.1, -0.05) is 18.5 Å². The lowest BCUT2D eigenvalue weighted by Gasteiger charge is -2.09. The van der Waals surface area contributed by atoms with Gasteiger partial charge in [0.25, 0.3) is 5.56 Å². The Kier molecular flexibility index (Phi) is 4.49. The van der Waals surface area contributed by atoms with Crippen molar-refractivity contribution in [2.24, 2.45) is 0 Å². The first-order valence-electron chi connectivity index (χ1n) is 6.24. The highest BCUT2D eigenvalue weighted by molar-refractivity contribution is 9.10. The van der Waals surface area contributed by atoms with Crippen LogP contribution in [-0.4, -0.2) is 19.3 Å². The molecule has 0 spiro atoms. The Hall–Kier alpha value is -1.34. The molecule has 2 aromatic rings. The maximum Gasteiger partial charge on any atom is 0.278 e. The number of aromatic nitrogens is 4. The molecular formula is C12H15BrClN5O. The van der Waals surface area contributed by atoms with E-state index >= 15 is 0 Å². The first kappa shape index (κ1) is 15.1. The number of nitrogen functional groups attached to an aromatic ring is 1. The molecule has 6 nitrogen and oxygen atoms in total. The van der Waals surface area contributed by atoms with Gasteiger partial charge in [0.1, 0.15) is 5.69 Å². The van der Waals surface area contributed by atoms with Crippen molar-refractivity contribution in [2.75, 3.05) is 5.73 Å². The van der Waals surface area contributed by atoms with Gasteiger partial charge in [-0.2, -0.15) is 5.10 Å². The van der Waals surface area contributed by atoms with E-state index in [0.29, 0.717) is 6.54 Å². The van der Waals surface area contributed by atoms with Gasteiger partial charge in [-0.3, -0.25) is 14.0 Å². The molecule has 0 aliphatic rings. The number of nitrogens with zero attached hydrogens (tertiary/aromatic N) is 4. The minimum absolute atomic E-state index is 0.0311. The summed E-state index contributed by atoms with van der Waals surface area (Å²) in [6.45, 7) is 5.10. The highest BCUT2D eigenvalue weighted by Gasteiger charge is 2.16. The van der Waals surface area contributed by atoms with Crippen molar-refractivity contribution >= 4 is 33.2 Å². The SMILES string of the molecule is CCc1nn(CC)c(Cn2cnc(Cl)c(N)c2=O)c1Br. The monoisotopic (exact) mass is 359 g/mol. The van der Waals surface area contributed by atoms with Gasteiger partial charge in [0, 0.05) is 6.54 Å². The first-order chi connectivity index (χ1) is 9.49. The van der Waals surface area contributed by atoms with E-state index < -0.39 is 0 Å². The maximum absolute atomic E-state index is 12.0. The van der Waals surface area contributed by atoms with E-state index in [2.05, 4.69) is 26.0 Å². The zero-order valence-electron chi connectivity index (χ0n) is 11.2. The average molecular weight is 361 g/mol. The van der Waals surface area contributed by atoms with Crippen LogP contribution in [0.2, 0.25) is 5.15 Å². The second kappa shape index (κ2) is 5.97. The molecule has 2 rings (SSSR count). The van der Waals surface area contributed by atoms with Gasteiger partial charge in [-0.05, 0) is 29.3 Å². The van der Waals surface area contributed by atoms with Crippen LogP contribution >= 0.6 is 27.5 Å². The Morgan fingerprint density at radius 1 is 1.45 bits per heavy atom. The normalized spacial score (nSPS) is 11.0. The van der Waals surface area contributed by atoms with Gasteiger partial charge in [-0.25, -0.2) is 4.98 Å². The lowest BCUT2D eigenvalue weighted by Crippen LogP contribution is -2.25. The quantitative estimate of drug-likeness (QED) is 0.847. The number of nitrogens with two attached hydrogens (primary N) is 1. The average Bonchev–Trinajstić information content (AvgIpc) is 2.75. The molecule has 0 unspecified atom stereocenters. The minimum Gasteiger partial charge on any atom is -0.392 e. The van der Waals surface area contributed by atoms with Crippen LogP contribution in [-0.2, 0) is 19.5 Å². The van der Waals surface area contributed by atoms with Crippen LogP contribution < -0.4 is 11.3 Å². The lowest BCUT2D eigenvalue weighted by molar-refractivity contribution is 0.586. The van der Waals surface area contributed by atoms with Gasteiger partial charge >= 0.3 is 0 Å². The Bertz CT molecular complexity index is 694. The van der Waals surface area contributed by atoms with Crippen molar-refractivity contribution in [3.8, 4) is 0 Å². The van der Waals surface area contributed by atoms with E-state index in [1.165, 1.54) is 10.9 Å². The van der Waals surface area contributed by atoms with E-state index in [0.717, 1.165) is 28.8 Å². The largest absolute Gasteiger partial charge is 0.392 e. The van der Waals surface area contributed by atoms with Crippen molar-refractivity contribution in [3.63, 3.8) is 0 Å². The Morgan fingerprint density at radius 2 is 2.15 bits per heavy atom. The fourth-order valence-electron chi connectivity index (χ4n) is 1.93. The fourth-order valence-corrected chi connectivity index (χ4v) is 2.74. The van der Waals surface area contributed by atoms with Crippen LogP contribution in [0.1, 0.15) is 25.2 Å². The number of hydrogen-bond donors (Lipinski definition) is 1. The predicted octanol–water partition coefficient (Wildman–Crippen LogP) is 2.07. The summed E-state index contributed by atoms with van der Waals surface area (Å²) in [7, 11) is 0. The molecule has 0 aliphatic carbocycles. The summed E-state index contributed by atoms with van der Waals surface area (Å²) in [6.07, 6.45) is 2.21. The van der Waals surface area contributed by atoms with Gasteiger partial charge in [0.15, 0.2) is 5.15 Å².